The van der Waals surface area contributed by atoms with Crippen LogP contribution in [0.1, 0.15) is 19.4 Å². The maximum Gasteiger partial charge on any atom is 0.193 e. The molecule has 3 rings (SSSR count). The minimum atomic E-state index is 0.180. The summed E-state index contributed by atoms with van der Waals surface area (Å²) in [7, 11) is 1.09. The van der Waals surface area contributed by atoms with Crippen molar-refractivity contribution >= 4 is 18.3 Å². The van der Waals surface area contributed by atoms with E-state index in [0.29, 0.717) is 0 Å². The third kappa shape index (κ3) is 1.47. The Bertz CT molecular complexity index is 530. The first-order chi connectivity index (χ1) is 7.66. The van der Waals surface area contributed by atoms with Crippen molar-refractivity contribution < 1.29 is 0 Å². The zero-order valence-corrected chi connectivity index (χ0v) is 9.83. The average Bonchev–Trinajstić information content (AvgIpc) is 2.54. The van der Waals surface area contributed by atoms with Crippen molar-refractivity contribution in [1.29, 1.82) is 0 Å². The van der Waals surface area contributed by atoms with Crippen LogP contribution >= 0.6 is 0 Å². The summed E-state index contributed by atoms with van der Waals surface area (Å²) in [5.74, 6) is 0. The molecule has 0 aromatic heterocycles. The molecule has 1 aromatic carbocycles. The number of rotatable bonds is 0. The molecule has 1 aromatic rings. The van der Waals surface area contributed by atoms with Crippen molar-refractivity contribution in [2.45, 2.75) is 13.8 Å². The van der Waals surface area contributed by atoms with Gasteiger partial charge in [-0.3, -0.25) is 0 Å². The molecule has 16 heavy (non-hydrogen) atoms. The normalized spacial score (nSPS) is 20.1. The van der Waals surface area contributed by atoms with Crippen molar-refractivity contribution in [3.05, 3.63) is 59.6 Å². The molecule has 1 aliphatic carbocycles. The van der Waals surface area contributed by atoms with Gasteiger partial charge in [0.2, 0.25) is 0 Å². The lowest BCUT2D eigenvalue weighted by molar-refractivity contribution is 0.627. The minimum Gasteiger partial charge on any atom is -0.0756 e. The van der Waals surface area contributed by atoms with Gasteiger partial charge in [0.05, 0.1) is 0 Å². The van der Waals surface area contributed by atoms with Crippen LogP contribution in [0.5, 0.6) is 0 Å². The second-order valence-corrected chi connectivity index (χ2v) is 5.26. The van der Waals surface area contributed by atoms with Gasteiger partial charge < -0.3 is 0 Å². The molecule has 1 heteroatoms. The smallest absolute Gasteiger partial charge is 0.0756 e. The lowest BCUT2D eigenvalue weighted by Gasteiger charge is -2.13. The van der Waals surface area contributed by atoms with E-state index in [4.69, 9.17) is 0 Å². The van der Waals surface area contributed by atoms with Gasteiger partial charge in [-0.25, -0.2) is 0 Å². The second-order valence-electron chi connectivity index (χ2n) is 5.26. The Hall–Kier alpha value is -1.50. The third-order valence-corrected chi connectivity index (χ3v) is 3.43. The molecule has 2 aliphatic rings. The topological polar surface area (TPSA) is 0 Å². The van der Waals surface area contributed by atoms with E-state index in [2.05, 4.69) is 62.4 Å². The Morgan fingerprint density at radius 2 is 1.75 bits per heavy atom. The summed E-state index contributed by atoms with van der Waals surface area (Å²) in [4.78, 5) is 0. The molecule has 0 saturated carbocycles. The molecule has 1 heterocycles. The van der Waals surface area contributed by atoms with Gasteiger partial charge in [-0.15, -0.1) is 0 Å². The lowest BCUT2D eigenvalue weighted by atomic mass is 9.66. The fourth-order valence-corrected chi connectivity index (χ4v) is 2.43. The lowest BCUT2D eigenvalue weighted by Crippen LogP contribution is -2.13. The highest BCUT2D eigenvalue weighted by Gasteiger charge is 2.22. The Kier molecular flexibility index (Phi) is 1.97. The molecule has 0 unspecified atom stereocenters. The van der Waals surface area contributed by atoms with Crippen LogP contribution in [0, 0.1) is 5.41 Å². The van der Waals surface area contributed by atoms with E-state index in [9.17, 15) is 0 Å². The zero-order valence-electron chi connectivity index (χ0n) is 9.83. The number of hydrogen-bond donors (Lipinski definition) is 0. The standard InChI is InChI=1S/C15H15B/c1-15(2)9-7-12-11-5-3-4-6-13(11)16-14(12)8-10-15/h3-10,16H,1-2H3. The van der Waals surface area contributed by atoms with Crippen LogP contribution in [0.4, 0.5) is 0 Å². The highest BCUT2D eigenvalue weighted by atomic mass is 14.2. The Labute approximate surface area is 97.6 Å². The molecule has 1 aliphatic heterocycles. The number of benzene rings is 1. The van der Waals surface area contributed by atoms with Crippen LogP contribution in [-0.2, 0) is 0 Å². The summed E-state index contributed by atoms with van der Waals surface area (Å²) in [5.41, 5.74) is 5.93. The molecule has 0 saturated heterocycles. The summed E-state index contributed by atoms with van der Waals surface area (Å²) >= 11 is 0. The van der Waals surface area contributed by atoms with Gasteiger partial charge in [0.1, 0.15) is 0 Å². The van der Waals surface area contributed by atoms with Crippen molar-refractivity contribution in [2.75, 3.05) is 0 Å². The van der Waals surface area contributed by atoms with Crippen LogP contribution in [0.25, 0.3) is 5.57 Å². The SMILES string of the molecule is CC1(C)C=CC2=C(C=C1)c1ccccc1B2. The van der Waals surface area contributed by atoms with Crippen LogP contribution in [-0.4, -0.2) is 7.28 Å². The molecular formula is C15H15B. The van der Waals surface area contributed by atoms with Gasteiger partial charge in [-0.2, -0.15) is 0 Å². The number of fused-ring (bicyclic) bond motifs is 2. The molecule has 0 bridgehead atoms. The maximum absolute atomic E-state index is 2.30. The van der Waals surface area contributed by atoms with Crippen LogP contribution < -0.4 is 5.46 Å². The van der Waals surface area contributed by atoms with E-state index >= 15 is 0 Å². The minimum absolute atomic E-state index is 0.180. The number of hydrogen-bond acceptors (Lipinski definition) is 0. The molecule has 0 spiro atoms. The van der Waals surface area contributed by atoms with Gasteiger partial charge in [0, 0.05) is 5.41 Å². The van der Waals surface area contributed by atoms with Crippen molar-refractivity contribution in [3.63, 3.8) is 0 Å². The fourth-order valence-electron chi connectivity index (χ4n) is 2.43. The first-order valence-corrected chi connectivity index (χ1v) is 5.86. The first kappa shape index (κ1) is 9.71. The van der Waals surface area contributed by atoms with Gasteiger partial charge in [-0.1, -0.05) is 73.4 Å². The third-order valence-electron chi connectivity index (χ3n) is 3.43. The van der Waals surface area contributed by atoms with Crippen molar-refractivity contribution in [1.82, 2.24) is 0 Å². The predicted octanol–water partition coefficient (Wildman–Crippen LogP) is 2.63. The second kappa shape index (κ2) is 3.25. The summed E-state index contributed by atoms with van der Waals surface area (Å²) in [6, 6.07) is 8.72. The highest BCUT2D eigenvalue weighted by molar-refractivity contribution is 6.67. The van der Waals surface area contributed by atoms with E-state index in [0.717, 1.165) is 7.28 Å². The Balaban J connectivity index is 2.12. The summed E-state index contributed by atoms with van der Waals surface area (Å²) < 4.78 is 0. The Morgan fingerprint density at radius 1 is 1.00 bits per heavy atom. The summed E-state index contributed by atoms with van der Waals surface area (Å²) in [6.45, 7) is 4.49. The summed E-state index contributed by atoms with van der Waals surface area (Å²) in [6.07, 6.45) is 9.20. The molecule has 0 N–H and O–H groups in total. The van der Waals surface area contributed by atoms with Gasteiger partial charge in [0.25, 0.3) is 0 Å². The molecule has 0 atom stereocenters. The predicted molar refractivity (Wildman–Crippen MR) is 72.2 cm³/mol. The molecule has 0 radical (unpaired) electrons. The van der Waals surface area contributed by atoms with Crippen molar-refractivity contribution in [3.8, 4) is 0 Å². The van der Waals surface area contributed by atoms with E-state index < -0.39 is 0 Å². The molecule has 0 nitrogen and oxygen atoms in total. The van der Waals surface area contributed by atoms with Crippen LogP contribution in [0.2, 0.25) is 0 Å². The van der Waals surface area contributed by atoms with E-state index in [-0.39, 0.29) is 5.41 Å². The quantitative estimate of drug-likeness (QED) is 0.572. The molecule has 78 valence electrons. The zero-order chi connectivity index (χ0) is 11.2. The monoisotopic (exact) mass is 206 g/mol. The Morgan fingerprint density at radius 3 is 2.62 bits per heavy atom. The van der Waals surface area contributed by atoms with Gasteiger partial charge in [-0.05, 0) is 11.1 Å². The largest absolute Gasteiger partial charge is 0.193 e. The average molecular weight is 206 g/mol. The highest BCUT2D eigenvalue weighted by Crippen LogP contribution is 2.31. The van der Waals surface area contributed by atoms with Crippen LogP contribution in [0.3, 0.4) is 0 Å². The van der Waals surface area contributed by atoms with Crippen molar-refractivity contribution in [2.24, 2.45) is 5.41 Å². The van der Waals surface area contributed by atoms with E-state index in [1.165, 1.54) is 22.1 Å². The van der Waals surface area contributed by atoms with E-state index in [1.807, 2.05) is 0 Å². The number of allylic oxidation sites excluding steroid dienone is 6. The maximum atomic E-state index is 2.30. The molecular weight excluding hydrogens is 191 g/mol. The van der Waals surface area contributed by atoms with Gasteiger partial charge in [0.15, 0.2) is 7.28 Å². The van der Waals surface area contributed by atoms with Gasteiger partial charge >= 0.3 is 0 Å². The van der Waals surface area contributed by atoms with E-state index in [1.54, 1.807) is 0 Å². The fraction of sp³-hybridized carbons (Fsp3) is 0.200. The first-order valence-electron chi connectivity index (χ1n) is 5.86. The molecule has 0 amide bonds. The van der Waals surface area contributed by atoms with Crippen LogP contribution in [0.15, 0.2) is 54.0 Å². The molecule has 0 fully saturated rings. The summed E-state index contributed by atoms with van der Waals surface area (Å²) in [5, 5.41) is 0.